The number of anilines is 1. The molecule has 0 heterocycles. The lowest BCUT2D eigenvalue weighted by Gasteiger charge is -2.20. The molecule has 0 aliphatic carbocycles. The van der Waals surface area contributed by atoms with E-state index in [1.807, 2.05) is 0 Å². The number of carbonyl (C=O) groups excluding carboxylic acids is 1. The zero-order chi connectivity index (χ0) is 20.4. The molecule has 0 aliphatic heterocycles. The van der Waals surface area contributed by atoms with Crippen molar-refractivity contribution < 1.29 is 22.0 Å². The molecular weight excluding hydrogens is 374 g/mol. The van der Waals surface area contributed by atoms with Crippen molar-refractivity contribution in [2.45, 2.75) is 32.6 Å². The van der Waals surface area contributed by atoms with Gasteiger partial charge in [0.25, 0.3) is 5.91 Å². The molecule has 27 heavy (non-hydrogen) atoms. The Kier molecular flexibility index (Phi) is 6.33. The second-order valence-corrected chi connectivity index (χ2v) is 8.02. The van der Waals surface area contributed by atoms with Crippen molar-refractivity contribution in [2.75, 3.05) is 18.4 Å². The predicted molar refractivity (Wildman–Crippen MR) is 100 cm³/mol. The Labute approximate surface area is 158 Å². The van der Waals surface area contributed by atoms with Gasteiger partial charge in [-0.2, -0.15) is 4.31 Å². The van der Waals surface area contributed by atoms with Crippen LogP contribution >= 0.6 is 0 Å². The Morgan fingerprint density at radius 1 is 1.07 bits per heavy atom. The number of amides is 1. The maximum atomic E-state index is 13.8. The van der Waals surface area contributed by atoms with Crippen molar-refractivity contribution in [3.63, 3.8) is 0 Å². The minimum absolute atomic E-state index is 0.0455. The first-order chi connectivity index (χ1) is 12.6. The molecule has 2 rings (SSSR count). The third kappa shape index (κ3) is 4.33. The highest BCUT2D eigenvalue weighted by molar-refractivity contribution is 7.89. The molecule has 0 aromatic heterocycles. The molecule has 0 saturated carbocycles. The van der Waals surface area contributed by atoms with Gasteiger partial charge in [0.1, 0.15) is 11.6 Å². The van der Waals surface area contributed by atoms with Gasteiger partial charge < -0.3 is 5.32 Å². The molecule has 0 saturated heterocycles. The molecule has 0 unspecified atom stereocenters. The molecule has 2 aromatic rings. The van der Waals surface area contributed by atoms with E-state index < -0.39 is 27.6 Å². The van der Waals surface area contributed by atoms with Gasteiger partial charge >= 0.3 is 0 Å². The lowest BCUT2D eigenvalue weighted by atomic mass is 10.1. The van der Waals surface area contributed by atoms with Crippen LogP contribution in [0.4, 0.5) is 14.5 Å². The van der Waals surface area contributed by atoms with E-state index in [0.29, 0.717) is 30.3 Å². The summed E-state index contributed by atoms with van der Waals surface area (Å²) in [5.41, 5.74) is 1.25. The van der Waals surface area contributed by atoms with Crippen LogP contribution in [0.25, 0.3) is 0 Å². The summed E-state index contributed by atoms with van der Waals surface area (Å²) in [6, 6.07) is 5.54. The van der Waals surface area contributed by atoms with E-state index >= 15 is 0 Å². The van der Waals surface area contributed by atoms with Crippen LogP contribution in [0.3, 0.4) is 0 Å². The highest BCUT2D eigenvalue weighted by Gasteiger charge is 2.24. The molecule has 1 amide bonds. The Bertz CT molecular complexity index is 971. The van der Waals surface area contributed by atoms with Crippen LogP contribution in [0.2, 0.25) is 0 Å². The number of nitrogens with one attached hydrogen (secondary N) is 1. The maximum absolute atomic E-state index is 13.8. The number of halogens is 2. The fraction of sp³-hybridized carbons (Fsp3) is 0.316. The van der Waals surface area contributed by atoms with Gasteiger partial charge in [0.2, 0.25) is 10.0 Å². The second-order valence-electron chi connectivity index (χ2n) is 6.08. The van der Waals surface area contributed by atoms with Crippen LogP contribution in [-0.2, 0) is 10.0 Å². The van der Waals surface area contributed by atoms with E-state index in [2.05, 4.69) is 5.32 Å². The van der Waals surface area contributed by atoms with Gasteiger partial charge in [0.05, 0.1) is 10.5 Å². The van der Waals surface area contributed by atoms with E-state index in [-0.39, 0.29) is 16.1 Å². The first-order valence-electron chi connectivity index (χ1n) is 8.49. The van der Waals surface area contributed by atoms with Gasteiger partial charge in [-0.05, 0) is 49.2 Å². The predicted octanol–water partition coefficient (Wildman–Crippen LogP) is 3.86. The van der Waals surface area contributed by atoms with Gasteiger partial charge in [-0.25, -0.2) is 17.2 Å². The third-order valence-electron chi connectivity index (χ3n) is 4.41. The molecule has 2 aromatic carbocycles. The van der Waals surface area contributed by atoms with Crippen molar-refractivity contribution in [3.8, 4) is 0 Å². The molecule has 5 nitrogen and oxygen atoms in total. The van der Waals surface area contributed by atoms with Crippen LogP contribution < -0.4 is 5.32 Å². The molecule has 0 fully saturated rings. The molecular formula is C19H22F2N2O3S. The Morgan fingerprint density at radius 3 is 2.26 bits per heavy atom. The highest BCUT2D eigenvalue weighted by atomic mass is 32.2. The van der Waals surface area contributed by atoms with E-state index in [0.717, 1.165) is 12.1 Å². The average molecular weight is 396 g/mol. The molecule has 1 N–H and O–H groups in total. The van der Waals surface area contributed by atoms with Gasteiger partial charge in [0, 0.05) is 24.8 Å². The summed E-state index contributed by atoms with van der Waals surface area (Å²) in [7, 11) is -3.72. The van der Waals surface area contributed by atoms with Crippen molar-refractivity contribution >= 4 is 21.6 Å². The number of rotatable bonds is 6. The monoisotopic (exact) mass is 396 g/mol. The van der Waals surface area contributed by atoms with Gasteiger partial charge in [-0.3, -0.25) is 4.79 Å². The highest BCUT2D eigenvalue weighted by Crippen LogP contribution is 2.27. The summed E-state index contributed by atoms with van der Waals surface area (Å²) in [4.78, 5) is 12.4. The second kappa shape index (κ2) is 8.14. The van der Waals surface area contributed by atoms with Crippen molar-refractivity contribution in [1.29, 1.82) is 0 Å². The summed E-state index contributed by atoms with van der Waals surface area (Å²) < 4.78 is 53.7. The van der Waals surface area contributed by atoms with Crippen molar-refractivity contribution in [1.82, 2.24) is 4.31 Å². The smallest absolute Gasteiger partial charge is 0.258 e. The normalized spacial score (nSPS) is 11.7. The maximum Gasteiger partial charge on any atom is 0.258 e. The molecule has 0 bridgehead atoms. The Morgan fingerprint density at radius 2 is 1.70 bits per heavy atom. The molecule has 0 spiro atoms. The fourth-order valence-corrected chi connectivity index (χ4v) is 4.25. The van der Waals surface area contributed by atoms with Crippen LogP contribution in [0.5, 0.6) is 0 Å². The summed E-state index contributed by atoms with van der Waals surface area (Å²) in [5, 5.41) is 2.53. The first-order valence-corrected chi connectivity index (χ1v) is 9.93. The Balaban J connectivity index is 2.46. The number of carbonyl (C=O) groups is 1. The van der Waals surface area contributed by atoms with E-state index in [9.17, 15) is 22.0 Å². The van der Waals surface area contributed by atoms with Crippen LogP contribution in [0.1, 0.15) is 35.3 Å². The van der Waals surface area contributed by atoms with E-state index in [4.69, 9.17) is 0 Å². The van der Waals surface area contributed by atoms with Gasteiger partial charge in [-0.15, -0.1) is 0 Å². The van der Waals surface area contributed by atoms with E-state index in [1.165, 1.54) is 16.4 Å². The summed E-state index contributed by atoms with van der Waals surface area (Å²) in [6.45, 7) is 7.55. The lowest BCUT2D eigenvalue weighted by molar-refractivity contribution is 0.102. The van der Waals surface area contributed by atoms with Gasteiger partial charge in [0.15, 0.2) is 0 Å². The number of hydrogen-bond donors (Lipinski definition) is 1. The number of benzene rings is 2. The van der Waals surface area contributed by atoms with Crippen molar-refractivity contribution in [2.24, 2.45) is 0 Å². The van der Waals surface area contributed by atoms with Crippen LogP contribution in [0, 0.1) is 25.5 Å². The molecule has 146 valence electrons. The minimum Gasteiger partial charge on any atom is -0.322 e. The number of sulfonamides is 1. The van der Waals surface area contributed by atoms with Crippen LogP contribution in [0.15, 0.2) is 35.2 Å². The van der Waals surface area contributed by atoms with Crippen molar-refractivity contribution in [3.05, 3.63) is 58.7 Å². The molecule has 0 aliphatic rings. The zero-order valence-corrected chi connectivity index (χ0v) is 16.5. The van der Waals surface area contributed by atoms with Gasteiger partial charge in [-0.1, -0.05) is 13.8 Å². The zero-order valence-electron chi connectivity index (χ0n) is 15.6. The average Bonchev–Trinajstić information content (AvgIpc) is 2.59. The topological polar surface area (TPSA) is 66.5 Å². The largest absolute Gasteiger partial charge is 0.322 e. The first kappa shape index (κ1) is 21.0. The summed E-state index contributed by atoms with van der Waals surface area (Å²) >= 11 is 0. The molecule has 0 radical (unpaired) electrons. The number of hydrogen-bond acceptors (Lipinski definition) is 3. The quantitative estimate of drug-likeness (QED) is 0.806. The molecule has 8 heteroatoms. The standard InChI is InChI=1S/C19H22F2N2O3S/c1-5-23(6-2)27(25,26)15-9-12(3)13(4)18(11-15)22-19(24)16-8-7-14(20)10-17(16)21/h7-11H,5-6H2,1-4H3,(H,22,24). The molecule has 0 atom stereocenters. The summed E-state index contributed by atoms with van der Waals surface area (Å²) in [5.74, 6) is -2.57. The Hall–Kier alpha value is -2.32. The minimum atomic E-state index is -3.72. The lowest BCUT2D eigenvalue weighted by Crippen LogP contribution is -2.30. The SMILES string of the molecule is CCN(CC)S(=O)(=O)c1cc(C)c(C)c(NC(=O)c2ccc(F)cc2F)c1. The van der Waals surface area contributed by atoms with Crippen LogP contribution in [-0.4, -0.2) is 31.7 Å². The summed E-state index contributed by atoms with van der Waals surface area (Å²) in [6.07, 6.45) is 0. The fourth-order valence-electron chi connectivity index (χ4n) is 2.68. The third-order valence-corrected chi connectivity index (χ3v) is 6.44. The number of aryl methyl sites for hydroxylation is 1. The number of nitrogens with zero attached hydrogens (tertiary/aromatic N) is 1. The van der Waals surface area contributed by atoms with E-state index in [1.54, 1.807) is 27.7 Å².